The van der Waals surface area contributed by atoms with E-state index in [-0.39, 0.29) is 6.01 Å². The van der Waals surface area contributed by atoms with E-state index in [4.69, 9.17) is 13.9 Å². The molecule has 0 amide bonds. The van der Waals surface area contributed by atoms with E-state index in [1.54, 1.807) is 6.26 Å². The highest BCUT2D eigenvalue weighted by Gasteiger charge is 2.27. The van der Waals surface area contributed by atoms with Gasteiger partial charge in [0.2, 0.25) is 12.1 Å². The van der Waals surface area contributed by atoms with E-state index in [2.05, 4.69) is 27.4 Å². The van der Waals surface area contributed by atoms with E-state index in [0.717, 1.165) is 24.1 Å². The summed E-state index contributed by atoms with van der Waals surface area (Å²) in [6.45, 7) is 2.65. The predicted octanol–water partition coefficient (Wildman–Crippen LogP) is 3.81. The van der Waals surface area contributed by atoms with Gasteiger partial charge in [-0.2, -0.15) is 4.98 Å². The van der Waals surface area contributed by atoms with E-state index in [9.17, 15) is 0 Å². The topological polar surface area (TPSA) is 82.3 Å². The molecule has 2 aromatic heterocycles. The summed E-state index contributed by atoms with van der Waals surface area (Å²) < 4.78 is 17.1. The molecule has 3 aromatic rings. The van der Waals surface area contributed by atoms with Crippen LogP contribution in [0.5, 0.6) is 11.9 Å². The molecule has 0 saturated carbocycles. The minimum atomic E-state index is -0.516. The molecule has 0 bridgehead atoms. The van der Waals surface area contributed by atoms with Gasteiger partial charge in [-0.15, -0.1) is 5.10 Å². The number of aromatic nitrogens is 3. The van der Waals surface area contributed by atoms with Crippen molar-refractivity contribution in [1.82, 2.24) is 15.2 Å². The number of benzene rings is 1. The van der Waals surface area contributed by atoms with Crippen molar-refractivity contribution in [3.8, 4) is 23.1 Å². The van der Waals surface area contributed by atoms with E-state index < -0.39 is 6.23 Å². The maximum Gasteiger partial charge on any atom is 0.339 e. The molecule has 0 aliphatic carbocycles. The van der Waals surface area contributed by atoms with E-state index >= 15 is 0 Å². The lowest BCUT2D eigenvalue weighted by Gasteiger charge is -2.16. The van der Waals surface area contributed by atoms with Crippen molar-refractivity contribution in [1.29, 1.82) is 0 Å². The zero-order chi connectivity index (χ0) is 17.1. The molecule has 7 nitrogen and oxygen atoms in total. The first-order chi connectivity index (χ1) is 12.3. The van der Waals surface area contributed by atoms with Gasteiger partial charge in [0.1, 0.15) is 0 Å². The highest BCUT2D eigenvalue weighted by molar-refractivity contribution is 5.79. The second kappa shape index (κ2) is 6.80. The molecule has 1 aliphatic rings. The Hall–Kier alpha value is -3.09. The maximum absolute atomic E-state index is 6.03. The maximum atomic E-state index is 6.03. The average molecular weight is 338 g/mol. The quantitative estimate of drug-likeness (QED) is 0.708. The first kappa shape index (κ1) is 15.4. The number of nitrogens with zero attached hydrogens (tertiary/aromatic N) is 3. The van der Waals surface area contributed by atoms with Gasteiger partial charge in [0.15, 0.2) is 11.5 Å². The standard InChI is InChI=1S/C18H18N4O3/c1-2-3-10-24-18-20-17-15(21-22-18)12-7-4-5-8-13(12)19-16(25-17)14-9-6-11-23-14/h4-9,11,16,19H,2-3,10H2,1H3. The molecule has 1 aliphatic heterocycles. The minimum Gasteiger partial charge on any atom is -0.463 e. The summed E-state index contributed by atoms with van der Waals surface area (Å²) >= 11 is 0. The van der Waals surface area contributed by atoms with Crippen molar-refractivity contribution in [2.24, 2.45) is 0 Å². The Balaban J connectivity index is 1.73. The van der Waals surface area contributed by atoms with Crippen molar-refractivity contribution >= 4 is 5.69 Å². The molecule has 25 heavy (non-hydrogen) atoms. The van der Waals surface area contributed by atoms with Crippen LogP contribution in [-0.2, 0) is 0 Å². The van der Waals surface area contributed by atoms with Gasteiger partial charge in [-0.25, -0.2) is 0 Å². The number of furan rings is 1. The van der Waals surface area contributed by atoms with Crippen LogP contribution in [0.1, 0.15) is 31.8 Å². The summed E-state index contributed by atoms with van der Waals surface area (Å²) in [6, 6.07) is 11.7. The monoisotopic (exact) mass is 338 g/mol. The number of anilines is 1. The van der Waals surface area contributed by atoms with Crippen LogP contribution in [0.15, 0.2) is 47.1 Å². The lowest BCUT2D eigenvalue weighted by molar-refractivity contribution is 0.191. The molecule has 1 N–H and O–H groups in total. The minimum absolute atomic E-state index is 0.213. The molecular weight excluding hydrogens is 320 g/mol. The highest BCUT2D eigenvalue weighted by atomic mass is 16.5. The SMILES string of the molecule is CCCCOc1nnc2c(n1)OC(c1ccco1)Nc1ccccc1-2. The van der Waals surface area contributed by atoms with Crippen LogP contribution in [0.3, 0.4) is 0 Å². The summed E-state index contributed by atoms with van der Waals surface area (Å²) in [6.07, 6.45) is 3.06. The third kappa shape index (κ3) is 3.13. The Morgan fingerprint density at radius 3 is 2.92 bits per heavy atom. The average Bonchev–Trinajstić information content (AvgIpc) is 3.12. The van der Waals surface area contributed by atoms with Crippen LogP contribution >= 0.6 is 0 Å². The molecule has 1 atom stereocenters. The molecule has 128 valence electrons. The van der Waals surface area contributed by atoms with Crippen LogP contribution in [0, 0.1) is 0 Å². The van der Waals surface area contributed by atoms with Crippen molar-refractivity contribution in [3.05, 3.63) is 48.4 Å². The zero-order valence-electron chi connectivity index (χ0n) is 13.8. The smallest absolute Gasteiger partial charge is 0.339 e. The van der Waals surface area contributed by atoms with Gasteiger partial charge in [0, 0.05) is 11.3 Å². The van der Waals surface area contributed by atoms with Crippen molar-refractivity contribution in [2.75, 3.05) is 11.9 Å². The fourth-order valence-corrected chi connectivity index (χ4v) is 2.59. The van der Waals surface area contributed by atoms with Gasteiger partial charge in [-0.3, -0.25) is 0 Å². The first-order valence-electron chi connectivity index (χ1n) is 8.28. The number of unbranched alkanes of at least 4 members (excludes halogenated alkanes) is 1. The normalized spacial score (nSPS) is 15.3. The van der Waals surface area contributed by atoms with Gasteiger partial charge >= 0.3 is 6.01 Å². The molecule has 0 radical (unpaired) electrons. The fourth-order valence-electron chi connectivity index (χ4n) is 2.59. The lowest BCUT2D eigenvalue weighted by Crippen LogP contribution is -2.16. The highest BCUT2D eigenvalue weighted by Crippen LogP contribution is 2.39. The van der Waals surface area contributed by atoms with E-state index in [1.165, 1.54) is 0 Å². The van der Waals surface area contributed by atoms with Crippen LogP contribution in [0.2, 0.25) is 0 Å². The summed E-state index contributed by atoms with van der Waals surface area (Å²) in [5.41, 5.74) is 2.31. The Morgan fingerprint density at radius 1 is 1.16 bits per heavy atom. The number of hydrogen-bond acceptors (Lipinski definition) is 7. The van der Waals surface area contributed by atoms with Crippen LogP contribution in [0.25, 0.3) is 11.3 Å². The molecular formula is C18H18N4O3. The third-order valence-electron chi connectivity index (χ3n) is 3.86. The Bertz CT molecular complexity index is 851. The van der Waals surface area contributed by atoms with Crippen molar-refractivity contribution in [3.63, 3.8) is 0 Å². The number of para-hydroxylation sites is 1. The lowest BCUT2D eigenvalue weighted by atomic mass is 10.1. The van der Waals surface area contributed by atoms with Crippen LogP contribution < -0.4 is 14.8 Å². The summed E-state index contributed by atoms with van der Waals surface area (Å²) in [5, 5.41) is 11.7. The van der Waals surface area contributed by atoms with Gasteiger partial charge < -0.3 is 19.2 Å². The van der Waals surface area contributed by atoms with Gasteiger partial charge in [0.05, 0.1) is 12.9 Å². The van der Waals surface area contributed by atoms with E-state index in [0.29, 0.717) is 23.9 Å². The second-order valence-electron chi connectivity index (χ2n) is 5.65. The zero-order valence-corrected chi connectivity index (χ0v) is 13.8. The molecule has 0 fully saturated rings. The molecule has 3 heterocycles. The van der Waals surface area contributed by atoms with Gasteiger partial charge in [-0.1, -0.05) is 36.6 Å². The summed E-state index contributed by atoms with van der Waals surface area (Å²) in [4.78, 5) is 4.40. The molecule has 1 unspecified atom stereocenters. The van der Waals surface area contributed by atoms with Gasteiger partial charge in [-0.05, 0) is 24.6 Å². The number of rotatable bonds is 5. The number of ether oxygens (including phenoxy) is 2. The number of nitrogens with one attached hydrogen (secondary N) is 1. The summed E-state index contributed by atoms with van der Waals surface area (Å²) in [5.74, 6) is 1.01. The Kier molecular flexibility index (Phi) is 4.20. The second-order valence-corrected chi connectivity index (χ2v) is 5.65. The number of fused-ring (bicyclic) bond motifs is 3. The van der Waals surface area contributed by atoms with Gasteiger partial charge in [0.25, 0.3) is 0 Å². The summed E-state index contributed by atoms with van der Waals surface area (Å²) in [7, 11) is 0. The molecule has 0 saturated heterocycles. The van der Waals surface area contributed by atoms with Crippen LogP contribution in [0.4, 0.5) is 5.69 Å². The molecule has 7 heteroatoms. The number of hydrogen-bond donors (Lipinski definition) is 1. The predicted molar refractivity (Wildman–Crippen MR) is 91.4 cm³/mol. The Morgan fingerprint density at radius 2 is 2.08 bits per heavy atom. The third-order valence-corrected chi connectivity index (χ3v) is 3.86. The van der Waals surface area contributed by atoms with Crippen LogP contribution in [-0.4, -0.2) is 21.8 Å². The van der Waals surface area contributed by atoms with Crippen molar-refractivity contribution < 1.29 is 13.9 Å². The largest absolute Gasteiger partial charge is 0.463 e. The van der Waals surface area contributed by atoms with Crippen molar-refractivity contribution in [2.45, 2.75) is 26.0 Å². The molecule has 0 spiro atoms. The first-order valence-corrected chi connectivity index (χ1v) is 8.28. The molecule has 1 aromatic carbocycles. The molecule has 4 rings (SSSR count). The van der Waals surface area contributed by atoms with E-state index in [1.807, 2.05) is 36.4 Å². The fraction of sp³-hybridized carbons (Fsp3) is 0.278. The Labute approximate surface area is 145 Å².